The van der Waals surface area contributed by atoms with Crippen LogP contribution >= 0.6 is 22.6 Å². The third kappa shape index (κ3) is 6.18. The van der Waals surface area contributed by atoms with Gasteiger partial charge >= 0.3 is 10.1 Å². The lowest BCUT2D eigenvalue weighted by atomic mass is 10.1. The molecule has 0 saturated heterocycles. The number of nitrogens with one attached hydrogen (secondary N) is 1. The normalized spacial score (nSPS) is 11.4. The van der Waals surface area contributed by atoms with E-state index in [1.807, 2.05) is 12.1 Å². The fourth-order valence-electron chi connectivity index (χ4n) is 2.82. The van der Waals surface area contributed by atoms with Gasteiger partial charge in [0.1, 0.15) is 22.3 Å². The molecule has 0 aliphatic rings. The van der Waals surface area contributed by atoms with Crippen LogP contribution in [0.1, 0.15) is 11.1 Å². The van der Waals surface area contributed by atoms with Gasteiger partial charge in [-0.05, 0) is 77.6 Å². The standard InChI is InChI=1S/C23H16IN3O6S/c1-15-5-10-21(13-22(15)27(29)30)34(31,32)33-20-8-6-16(7-9-20)11-17(14-25)23(28)26-19-4-2-3-18(24)12-19/h2-13H,1H3,(H,26,28)/b17-11+. The summed E-state index contributed by atoms with van der Waals surface area (Å²) >= 11 is 2.10. The zero-order chi connectivity index (χ0) is 24.9. The summed E-state index contributed by atoms with van der Waals surface area (Å²) in [6, 6.07) is 18.0. The van der Waals surface area contributed by atoms with Crippen molar-refractivity contribution >= 4 is 56.1 Å². The van der Waals surface area contributed by atoms with Crippen molar-refractivity contribution in [2.24, 2.45) is 0 Å². The number of carbonyl (C=O) groups excluding carboxylic acids is 1. The molecule has 3 aromatic carbocycles. The summed E-state index contributed by atoms with van der Waals surface area (Å²) in [6.07, 6.45) is 1.35. The van der Waals surface area contributed by atoms with Crippen LogP contribution in [-0.4, -0.2) is 19.2 Å². The van der Waals surface area contributed by atoms with Gasteiger partial charge in [0.25, 0.3) is 11.6 Å². The van der Waals surface area contributed by atoms with Crippen molar-refractivity contribution in [1.29, 1.82) is 5.26 Å². The van der Waals surface area contributed by atoms with Crippen molar-refractivity contribution in [3.8, 4) is 11.8 Å². The van der Waals surface area contributed by atoms with Crippen molar-refractivity contribution in [3.05, 3.63) is 97.1 Å². The van der Waals surface area contributed by atoms with Crippen LogP contribution in [0.4, 0.5) is 11.4 Å². The Balaban J connectivity index is 1.77. The highest BCUT2D eigenvalue weighted by molar-refractivity contribution is 14.1. The van der Waals surface area contributed by atoms with E-state index in [2.05, 4.69) is 27.9 Å². The van der Waals surface area contributed by atoms with Crippen LogP contribution in [-0.2, 0) is 14.9 Å². The molecule has 0 aliphatic carbocycles. The Hall–Kier alpha value is -3.76. The molecule has 172 valence electrons. The van der Waals surface area contributed by atoms with Gasteiger partial charge < -0.3 is 9.50 Å². The fraction of sp³-hybridized carbons (Fsp3) is 0.0435. The number of hydrogen-bond donors (Lipinski definition) is 1. The van der Waals surface area contributed by atoms with Gasteiger partial charge in [0.15, 0.2) is 0 Å². The Bertz CT molecular complexity index is 1440. The number of nitriles is 1. The molecule has 3 rings (SSSR count). The first-order valence-corrected chi connectivity index (χ1v) is 12.1. The number of nitro groups is 1. The Morgan fingerprint density at radius 1 is 1.15 bits per heavy atom. The molecule has 1 N–H and O–H groups in total. The minimum atomic E-state index is -4.32. The van der Waals surface area contributed by atoms with E-state index in [-0.39, 0.29) is 21.9 Å². The maximum atomic E-state index is 12.5. The van der Waals surface area contributed by atoms with Crippen LogP contribution in [0.2, 0.25) is 0 Å². The molecule has 3 aromatic rings. The zero-order valence-electron chi connectivity index (χ0n) is 17.6. The highest BCUT2D eigenvalue weighted by Gasteiger charge is 2.21. The second kappa shape index (κ2) is 10.4. The van der Waals surface area contributed by atoms with E-state index in [1.165, 1.54) is 49.4 Å². The number of nitro benzene ring substituents is 1. The zero-order valence-corrected chi connectivity index (χ0v) is 20.5. The molecule has 11 heteroatoms. The lowest BCUT2D eigenvalue weighted by Crippen LogP contribution is -2.13. The molecule has 0 aromatic heterocycles. The molecule has 0 radical (unpaired) electrons. The molecule has 9 nitrogen and oxygen atoms in total. The number of carbonyl (C=O) groups is 1. The van der Waals surface area contributed by atoms with Crippen molar-refractivity contribution in [2.45, 2.75) is 11.8 Å². The number of amides is 1. The van der Waals surface area contributed by atoms with Gasteiger partial charge in [-0.2, -0.15) is 13.7 Å². The molecule has 0 bridgehead atoms. The summed E-state index contributed by atoms with van der Waals surface area (Å²) in [5, 5.41) is 23.1. The highest BCUT2D eigenvalue weighted by atomic mass is 127. The van der Waals surface area contributed by atoms with Crippen LogP contribution in [0.3, 0.4) is 0 Å². The number of anilines is 1. The Labute approximate surface area is 209 Å². The Morgan fingerprint density at radius 2 is 1.85 bits per heavy atom. The van der Waals surface area contributed by atoms with E-state index in [9.17, 15) is 28.6 Å². The summed E-state index contributed by atoms with van der Waals surface area (Å²) < 4.78 is 31.1. The molecular formula is C23H16IN3O6S. The summed E-state index contributed by atoms with van der Waals surface area (Å²) in [7, 11) is -4.32. The number of aryl methyl sites for hydroxylation is 1. The number of nitrogens with zero attached hydrogens (tertiary/aromatic N) is 2. The first-order valence-electron chi connectivity index (χ1n) is 9.57. The molecule has 0 aliphatic heterocycles. The third-order valence-corrected chi connectivity index (χ3v) is 6.42. The lowest BCUT2D eigenvalue weighted by molar-refractivity contribution is -0.385. The molecule has 0 atom stereocenters. The first-order chi connectivity index (χ1) is 16.1. The SMILES string of the molecule is Cc1ccc(S(=O)(=O)Oc2ccc(/C=C(\C#N)C(=O)Nc3cccc(I)c3)cc2)cc1[N+](=O)[O-]. The van der Waals surface area contributed by atoms with Crippen molar-refractivity contribution in [3.63, 3.8) is 0 Å². The number of hydrogen-bond acceptors (Lipinski definition) is 7. The molecule has 0 heterocycles. The van der Waals surface area contributed by atoms with Gasteiger partial charge in [0, 0.05) is 20.9 Å². The first kappa shape index (κ1) is 24.9. The van der Waals surface area contributed by atoms with Gasteiger partial charge in [-0.3, -0.25) is 14.9 Å². The summed E-state index contributed by atoms with van der Waals surface area (Å²) in [5.41, 5.74) is 0.845. The van der Waals surface area contributed by atoms with Crippen LogP contribution in [0, 0.1) is 31.9 Å². The molecule has 1 amide bonds. The van der Waals surface area contributed by atoms with E-state index in [0.717, 1.165) is 9.64 Å². The summed E-state index contributed by atoms with van der Waals surface area (Å²) in [6.45, 7) is 1.50. The van der Waals surface area contributed by atoms with Crippen molar-refractivity contribution < 1.29 is 22.3 Å². The van der Waals surface area contributed by atoms with Gasteiger partial charge in [-0.15, -0.1) is 0 Å². The van der Waals surface area contributed by atoms with Gasteiger partial charge in [-0.25, -0.2) is 0 Å². The second-order valence-electron chi connectivity index (χ2n) is 6.95. The maximum Gasteiger partial charge on any atom is 0.339 e. The lowest BCUT2D eigenvalue weighted by Gasteiger charge is -2.08. The fourth-order valence-corrected chi connectivity index (χ4v) is 4.31. The molecule has 0 saturated carbocycles. The van der Waals surface area contributed by atoms with Gasteiger partial charge in [0.05, 0.1) is 4.92 Å². The molecule has 0 fully saturated rings. The summed E-state index contributed by atoms with van der Waals surface area (Å²) in [5.74, 6) is -0.629. The van der Waals surface area contributed by atoms with Crippen LogP contribution in [0.5, 0.6) is 5.75 Å². The molecule has 0 spiro atoms. The predicted molar refractivity (Wildman–Crippen MR) is 133 cm³/mol. The van der Waals surface area contributed by atoms with E-state index >= 15 is 0 Å². The van der Waals surface area contributed by atoms with E-state index in [1.54, 1.807) is 18.2 Å². The van der Waals surface area contributed by atoms with E-state index in [0.29, 0.717) is 16.8 Å². The van der Waals surface area contributed by atoms with Crippen molar-refractivity contribution in [1.82, 2.24) is 0 Å². The smallest absolute Gasteiger partial charge is 0.339 e. The number of halogens is 1. The molecular weight excluding hydrogens is 573 g/mol. The van der Waals surface area contributed by atoms with Gasteiger partial charge in [0.2, 0.25) is 0 Å². The average Bonchev–Trinajstić information content (AvgIpc) is 2.78. The predicted octanol–water partition coefficient (Wildman–Crippen LogP) is 4.82. The average molecular weight is 589 g/mol. The van der Waals surface area contributed by atoms with E-state index in [4.69, 9.17) is 4.18 Å². The molecule has 34 heavy (non-hydrogen) atoms. The van der Waals surface area contributed by atoms with Gasteiger partial charge in [-0.1, -0.05) is 24.3 Å². The topological polar surface area (TPSA) is 139 Å². The quantitative estimate of drug-likeness (QED) is 0.104. The second-order valence-corrected chi connectivity index (χ2v) is 9.74. The Kier molecular flexibility index (Phi) is 7.64. The Morgan fingerprint density at radius 3 is 2.47 bits per heavy atom. The summed E-state index contributed by atoms with van der Waals surface area (Å²) in [4.78, 5) is 22.5. The van der Waals surface area contributed by atoms with Crippen LogP contribution in [0.25, 0.3) is 6.08 Å². The monoisotopic (exact) mass is 589 g/mol. The van der Waals surface area contributed by atoms with Crippen molar-refractivity contribution in [2.75, 3.05) is 5.32 Å². The maximum absolute atomic E-state index is 12.5. The highest BCUT2D eigenvalue weighted by Crippen LogP contribution is 2.25. The van der Waals surface area contributed by atoms with Crippen LogP contribution < -0.4 is 9.50 Å². The number of rotatable bonds is 7. The molecule has 0 unspecified atom stereocenters. The minimum Gasteiger partial charge on any atom is -0.379 e. The minimum absolute atomic E-state index is 0.0396. The number of benzene rings is 3. The third-order valence-electron chi connectivity index (χ3n) is 4.51. The van der Waals surface area contributed by atoms with E-state index < -0.39 is 20.9 Å². The van der Waals surface area contributed by atoms with Crippen LogP contribution in [0.15, 0.2) is 77.2 Å². The largest absolute Gasteiger partial charge is 0.379 e.